The summed E-state index contributed by atoms with van der Waals surface area (Å²) in [6.07, 6.45) is 1.26. The van der Waals surface area contributed by atoms with Crippen molar-refractivity contribution in [3.05, 3.63) is 59.9 Å². The highest BCUT2D eigenvalue weighted by Crippen LogP contribution is 2.36. The highest BCUT2D eigenvalue weighted by atomic mass is 16.5. The fourth-order valence-corrected chi connectivity index (χ4v) is 3.30. The molecule has 0 aliphatic carbocycles. The van der Waals surface area contributed by atoms with Crippen molar-refractivity contribution in [2.45, 2.75) is 25.7 Å². The number of carbonyl (C=O) groups excluding carboxylic acids is 1. The molecule has 0 saturated heterocycles. The maximum atomic E-state index is 12.7. The van der Waals surface area contributed by atoms with Crippen molar-refractivity contribution < 1.29 is 9.53 Å². The molecule has 26 heavy (non-hydrogen) atoms. The van der Waals surface area contributed by atoms with Crippen molar-refractivity contribution in [1.29, 1.82) is 0 Å². The van der Waals surface area contributed by atoms with E-state index in [-0.39, 0.29) is 11.8 Å². The van der Waals surface area contributed by atoms with Crippen LogP contribution in [0.3, 0.4) is 0 Å². The van der Waals surface area contributed by atoms with E-state index in [1.54, 1.807) is 0 Å². The molecule has 132 valence electrons. The Morgan fingerprint density at radius 3 is 2.88 bits per heavy atom. The number of aromatic nitrogens is 3. The number of aromatic amines is 1. The Balaban J connectivity index is 1.52. The Bertz CT molecular complexity index is 935. The molecule has 4 rings (SSSR count). The summed E-state index contributed by atoms with van der Waals surface area (Å²) in [6.45, 7) is 2.49. The number of nitrogens with one attached hydrogen (secondary N) is 2. The van der Waals surface area contributed by atoms with Crippen LogP contribution in [0.5, 0.6) is 5.75 Å². The fourth-order valence-electron chi connectivity index (χ4n) is 3.30. The molecule has 2 heterocycles. The van der Waals surface area contributed by atoms with Gasteiger partial charge in [0.15, 0.2) is 5.82 Å². The van der Waals surface area contributed by atoms with E-state index >= 15 is 0 Å². The van der Waals surface area contributed by atoms with Gasteiger partial charge in [0.1, 0.15) is 11.6 Å². The van der Waals surface area contributed by atoms with Gasteiger partial charge in [-0.05, 0) is 43.0 Å². The molecule has 2 N–H and O–H groups in total. The summed E-state index contributed by atoms with van der Waals surface area (Å²) in [4.78, 5) is 17.0. The Hall–Kier alpha value is -3.15. The molecule has 0 spiro atoms. The minimum absolute atomic E-state index is 0.0218. The Morgan fingerprint density at radius 2 is 2.04 bits per heavy atom. The third kappa shape index (κ3) is 3.31. The van der Waals surface area contributed by atoms with Gasteiger partial charge in [0.25, 0.3) is 0 Å². The number of para-hydroxylation sites is 2. The first kappa shape index (κ1) is 16.3. The summed E-state index contributed by atoms with van der Waals surface area (Å²) in [5.74, 6) is 2.34. The zero-order valence-corrected chi connectivity index (χ0v) is 14.5. The molecule has 0 saturated carbocycles. The van der Waals surface area contributed by atoms with Crippen LogP contribution >= 0.6 is 0 Å². The van der Waals surface area contributed by atoms with Crippen LogP contribution in [0.4, 0.5) is 5.69 Å². The van der Waals surface area contributed by atoms with E-state index < -0.39 is 0 Å². The molecule has 1 aromatic heterocycles. The number of rotatable bonds is 4. The van der Waals surface area contributed by atoms with E-state index in [0.717, 1.165) is 34.8 Å². The van der Waals surface area contributed by atoms with Crippen LogP contribution in [0.15, 0.2) is 48.5 Å². The maximum Gasteiger partial charge on any atom is 0.225 e. The van der Waals surface area contributed by atoms with Crippen LogP contribution in [0, 0.1) is 6.92 Å². The normalized spacial score (nSPS) is 15.8. The standard InChI is InChI=1S/C20H20N4O2/c1-13-21-20(24-23-13)16-7-2-4-8-17(16)22-19(25)12-14-10-11-26-18-9-5-3-6-15(14)18/h2-9,14H,10-12H2,1H3,(H,22,25)(H,21,23,24). The predicted molar refractivity (Wildman–Crippen MR) is 99.1 cm³/mol. The molecule has 1 aliphatic rings. The lowest BCUT2D eigenvalue weighted by molar-refractivity contribution is -0.116. The number of anilines is 1. The van der Waals surface area contributed by atoms with E-state index in [4.69, 9.17) is 4.74 Å². The number of amides is 1. The van der Waals surface area contributed by atoms with Gasteiger partial charge in [-0.15, -0.1) is 0 Å². The molecular weight excluding hydrogens is 328 g/mol. The van der Waals surface area contributed by atoms with Crippen LogP contribution in [-0.2, 0) is 4.79 Å². The van der Waals surface area contributed by atoms with Crippen molar-refractivity contribution in [2.75, 3.05) is 11.9 Å². The molecule has 0 bridgehead atoms. The summed E-state index contributed by atoms with van der Waals surface area (Å²) in [5.41, 5.74) is 2.63. The number of benzene rings is 2. The highest BCUT2D eigenvalue weighted by Gasteiger charge is 2.24. The monoisotopic (exact) mass is 348 g/mol. The van der Waals surface area contributed by atoms with Crippen molar-refractivity contribution in [2.24, 2.45) is 0 Å². The molecule has 3 aromatic rings. The minimum atomic E-state index is -0.0218. The van der Waals surface area contributed by atoms with Crippen LogP contribution in [0.25, 0.3) is 11.4 Å². The average Bonchev–Trinajstić information content (AvgIpc) is 3.09. The first-order chi connectivity index (χ1) is 12.7. The van der Waals surface area contributed by atoms with Crippen LogP contribution in [-0.4, -0.2) is 27.7 Å². The second-order valence-corrected chi connectivity index (χ2v) is 6.41. The second-order valence-electron chi connectivity index (χ2n) is 6.41. The molecular formula is C20H20N4O2. The first-order valence-electron chi connectivity index (χ1n) is 8.70. The largest absolute Gasteiger partial charge is 0.493 e. The average molecular weight is 348 g/mol. The van der Waals surface area contributed by atoms with Gasteiger partial charge < -0.3 is 10.1 Å². The minimum Gasteiger partial charge on any atom is -0.493 e. The molecule has 6 nitrogen and oxygen atoms in total. The Labute approximate surface area is 151 Å². The van der Waals surface area contributed by atoms with Crippen molar-refractivity contribution >= 4 is 11.6 Å². The predicted octanol–water partition coefficient (Wildman–Crippen LogP) is 3.68. The molecule has 0 fully saturated rings. The van der Waals surface area contributed by atoms with Gasteiger partial charge in [0.05, 0.1) is 12.3 Å². The van der Waals surface area contributed by atoms with Gasteiger partial charge in [-0.1, -0.05) is 30.3 Å². The zero-order chi connectivity index (χ0) is 17.9. The summed E-state index contributed by atoms with van der Waals surface area (Å²) in [5, 5.41) is 10.1. The molecule has 1 aliphatic heterocycles. The number of H-pyrrole nitrogens is 1. The van der Waals surface area contributed by atoms with E-state index in [1.807, 2.05) is 55.5 Å². The van der Waals surface area contributed by atoms with Gasteiger partial charge in [-0.3, -0.25) is 9.89 Å². The lowest BCUT2D eigenvalue weighted by atomic mass is 9.90. The van der Waals surface area contributed by atoms with E-state index in [2.05, 4.69) is 20.5 Å². The molecule has 1 atom stereocenters. The van der Waals surface area contributed by atoms with E-state index in [9.17, 15) is 4.79 Å². The van der Waals surface area contributed by atoms with Crippen molar-refractivity contribution in [3.8, 4) is 17.1 Å². The van der Waals surface area contributed by atoms with Crippen molar-refractivity contribution in [3.63, 3.8) is 0 Å². The van der Waals surface area contributed by atoms with Gasteiger partial charge in [0, 0.05) is 12.0 Å². The van der Waals surface area contributed by atoms with Crippen LogP contribution in [0.2, 0.25) is 0 Å². The van der Waals surface area contributed by atoms with Crippen LogP contribution in [0.1, 0.15) is 30.1 Å². The smallest absolute Gasteiger partial charge is 0.225 e. The first-order valence-corrected chi connectivity index (χ1v) is 8.70. The summed E-state index contributed by atoms with van der Waals surface area (Å²) < 4.78 is 5.68. The lowest BCUT2D eigenvalue weighted by Gasteiger charge is -2.25. The van der Waals surface area contributed by atoms with Gasteiger partial charge in [-0.2, -0.15) is 5.10 Å². The maximum absolute atomic E-state index is 12.7. The van der Waals surface area contributed by atoms with Gasteiger partial charge in [0.2, 0.25) is 5.91 Å². The Morgan fingerprint density at radius 1 is 1.23 bits per heavy atom. The lowest BCUT2D eigenvalue weighted by Crippen LogP contribution is -2.21. The highest BCUT2D eigenvalue weighted by molar-refractivity contribution is 5.95. The second kappa shape index (κ2) is 7.00. The molecule has 1 unspecified atom stereocenters. The number of fused-ring (bicyclic) bond motifs is 1. The summed E-state index contributed by atoms with van der Waals surface area (Å²) in [6, 6.07) is 15.5. The fraction of sp³-hybridized carbons (Fsp3) is 0.250. The number of aryl methyl sites for hydroxylation is 1. The number of ether oxygens (including phenoxy) is 1. The molecule has 1 amide bonds. The number of hydrogen-bond acceptors (Lipinski definition) is 4. The molecule has 0 radical (unpaired) electrons. The molecule has 2 aromatic carbocycles. The van der Waals surface area contributed by atoms with Crippen LogP contribution < -0.4 is 10.1 Å². The number of nitrogens with zero attached hydrogens (tertiary/aromatic N) is 2. The third-order valence-corrected chi connectivity index (χ3v) is 4.55. The third-order valence-electron chi connectivity index (χ3n) is 4.55. The zero-order valence-electron chi connectivity index (χ0n) is 14.5. The van der Waals surface area contributed by atoms with E-state index in [0.29, 0.717) is 18.9 Å². The number of carbonyl (C=O) groups is 1. The topological polar surface area (TPSA) is 79.9 Å². The van der Waals surface area contributed by atoms with Gasteiger partial charge in [-0.25, -0.2) is 4.98 Å². The summed E-state index contributed by atoms with van der Waals surface area (Å²) >= 11 is 0. The Kier molecular flexibility index (Phi) is 4.39. The van der Waals surface area contributed by atoms with Crippen molar-refractivity contribution in [1.82, 2.24) is 15.2 Å². The number of hydrogen-bond donors (Lipinski definition) is 2. The molecule has 6 heteroatoms. The quantitative estimate of drug-likeness (QED) is 0.754. The summed E-state index contributed by atoms with van der Waals surface area (Å²) in [7, 11) is 0. The van der Waals surface area contributed by atoms with Gasteiger partial charge >= 0.3 is 0 Å². The van der Waals surface area contributed by atoms with E-state index in [1.165, 1.54) is 0 Å². The SMILES string of the molecule is Cc1nc(-c2ccccc2NC(=O)CC2CCOc3ccccc32)n[nH]1.